The summed E-state index contributed by atoms with van der Waals surface area (Å²) in [4.78, 5) is 32.1. The van der Waals surface area contributed by atoms with Crippen LogP contribution >= 0.6 is 11.3 Å². The molecule has 1 aliphatic heterocycles. The number of aliphatic imine (C=N–C) groups is 1. The second-order valence-electron chi connectivity index (χ2n) is 8.14. The molecule has 0 bridgehead atoms. The third-order valence-electron chi connectivity index (χ3n) is 5.30. The third-order valence-corrected chi connectivity index (χ3v) is 6.57. The van der Waals surface area contributed by atoms with Gasteiger partial charge in [0.15, 0.2) is 11.6 Å². The van der Waals surface area contributed by atoms with Crippen molar-refractivity contribution in [3.8, 4) is 17.3 Å². The van der Waals surface area contributed by atoms with Gasteiger partial charge in [0, 0.05) is 47.7 Å². The van der Waals surface area contributed by atoms with Crippen LogP contribution in [0, 0.1) is 5.21 Å². The van der Waals surface area contributed by atoms with Gasteiger partial charge in [-0.15, -0.1) is 11.3 Å². The molecule has 3 aromatic heterocycles. The van der Waals surface area contributed by atoms with E-state index in [1.807, 2.05) is 39.8 Å². The number of thiophene rings is 1. The van der Waals surface area contributed by atoms with Crippen LogP contribution in [0.2, 0.25) is 0 Å². The molecule has 4 rings (SSSR count). The molecule has 42 heavy (non-hydrogen) atoms. The van der Waals surface area contributed by atoms with E-state index in [9.17, 15) is 10.0 Å². The van der Waals surface area contributed by atoms with Crippen molar-refractivity contribution in [2.75, 3.05) is 38.3 Å². The van der Waals surface area contributed by atoms with Crippen LogP contribution in [0.4, 0.5) is 5.82 Å². The van der Waals surface area contributed by atoms with E-state index in [0.717, 1.165) is 60.0 Å². The van der Waals surface area contributed by atoms with Crippen LogP contribution in [-0.2, 0) is 16.0 Å². The molecule has 1 saturated heterocycles. The van der Waals surface area contributed by atoms with Gasteiger partial charge in [-0.05, 0) is 32.4 Å². The number of carbonyl (C=O) groups is 1. The molecular weight excluding hydrogens is 580 g/mol. The number of aryl methyl sites for hydroxylation is 1. The molecule has 4 heterocycles. The zero-order chi connectivity index (χ0) is 30.8. The van der Waals surface area contributed by atoms with E-state index in [0.29, 0.717) is 11.7 Å². The van der Waals surface area contributed by atoms with E-state index in [2.05, 4.69) is 34.4 Å². The smallest absolute Gasteiger partial charge is 0.759 e. The zero-order valence-electron chi connectivity index (χ0n) is 26.5. The maximum absolute atomic E-state index is 10.7. The summed E-state index contributed by atoms with van der Waals surface area (Å²) in [6.45, 7) is 20.3. The molecule has 3 aromatic rings. The molecule has 0 aliphatic carbocycles. The molecule has 1 amide bonds. The fourth-order valence-corrected chi connectivity index (χ4v) is 4.40. The molecule has 0 aromatic carbocycles. The van der Waals surface area contributed by atoms with Gasteiger partial charge in [0.25, 0.3) is 0 Å². The van der Waals surface area contributed by atoms with Crippen molar-refractivity contribution in [3.05, 3.63) is 58.9 Å². The molecular formula is C30H43KN6O4S. The number of amides is 1. The number of aromatic nitrogens is 3. The van der Waals surface area contributed by atoms with E-state index in [-0.39, 0.29) is 57.0 Å². The first-order valence-corrected chi connectivity index (χ1v) is 14.6. The van der Waals surface area contributed by atoms with Crippen LogP contribution < -0.4 is 66.5 Å². The normalized spacial score (nSPS) is 12.1. The van der Waals surface area contributed by atoms with Crippen molar-refractivity contribution in [2.45, 2.75) is 54.9 Å². The Morgan fingerprint density at radius 2 is 1.88 bits per heavy atom. The van der Waals surface area contributed by atoms with Crippen molar-refractivity contribution in [1.29, 1.82) is 0 Å². The van der Waals surface area contributed by atoms with Gasteiger partial charge in [0.2, 0.25) is 11.8 Å². The largest absolute Gasteiger partial charge is 1.00 e. The molecule has 1 N–H and O–H groups in total. The van der Waals surface area contributed by atoms with Crippen molar-refractivity contribution in [1.82, 2.24) is 20.4 Å². The summed E-state index contributed by atoms with van der Waals surface area (Å²) in [6.07, 6.45) is 5.34. The number of rotatable bonds is 7. The summed E-state index contributed by atoms with van der Waals surface area (Å²) in [5.41, 5.74) is 4.09. The number of pyridine rings is 1. The van der Waals surface area contributed by atoms with Gasteiger partial charge in [-0.25, -0.2) is 15.0 Å². The molecule has 1 fully saturated rings. The molecule has 0 spiro atoms. The standard InChI is InChI=1S/C18H20N4O2S.C8H11N2O2.2C2H6.K/c1-3-13-10-14-16(25-13)18(22-6-8-24-9-7-22)21-17(20-14)12-4-5-15(23-2)19-11-12;1-4-7(8(11)10-12)5-9-6(2)3;2*1-2;/h4-5,10-11H,3,6-9H2,1-2H3;4-5H,1H2,2-3H3,(H-,10,11,12);2*1-2H3;/q;-1;;;+1/b;7-5+;;;. The zero-order valence-corrected chi connectivity index (χ0v) is 30.4. The minimum absolute atomic E-state index is 0. The summed E-state index contributed by atoms with van der Waals surface area (Å²) >= 11 is 1.78. The monoisotopic (exact) mass is 622 g/mol. The number of nitrogens with zero attached hydrogens (tertiary/aromatic N) is 5. The summed E-state index contributed by atoms with van der Waals surface area (Å²) in [5.74, 6) is 1.56. The van der Waals surface area contributed by atoms with Gasteiger partial charge in [0.05, 0.1) is 36.1 Å². The number of fused-ring (bicyclic) bond motifs is 1. The number of methoxy groups -OCH3 is 1. The Hall–Kier alpha value is -2.03. The molecule has 0 atom stereocenters. The fourth-order valence-electron chi connectivity index (χ4n) is 3.35. The Morgan fingerprint density at radius 3 is 2.38 bits per heavy atom. The topological polar surface area (TPSA) is 125 Å². The number of ether oxygens (including phenoxy) is 2. The average Bonchev–Trinajstić information content (AvgIpc) is 3.47. The van der Waals surface area contributed by atoms with Crippen LogP contribution in [0.5, 0.6) is 5.88 Å². The average molecular weight is 623 g/mol. The number of hydrogen-bond acceptors (Lipinski definition) is 10. The summed E-state index contributed by atoms with van der Waals surface area (Å²) < 4.78 is 11.8. The van der Waals surface area contributed by atoms with Crippen LogP contribution in [0.25, 0.3) is 21.6 Å². The second-order valence-corrected chi connectivity index (χ2v) is 9.27. The predicted molar refractivity (Wildman–Crippen MR) is 171 cm³/mol. The fraction of sp³-hybridized carbons (Fsp3) is 0.433. The number of hydrogen-bond donors (Lipinski definition) is 1. The van der Waals surface area contributed by atoms with E-state index in [4.69, 9.17) is 19.4 Å². The minimum Gasteiger partial charge on any atom is -0.759 e. The molecule has 10 nitrogen and oxygen atoms in total. The van der Waals surface area contributed by atoms with Crippen LogP contribution in [0.3, 0.4) is 0 Å². The van der Waals surface area contributed by atoms with Crippen LogP contribution in [0.1, 0.15) is 53.3 Å². The first-order chi connectivity index (χ1) is 19.9. The van der Waals surface area contributed by atoms with Gasteiger partial charge in [0.1, 0.15) is 0 Å². The molecule has 0 unspecified atom stereocenters. The molecule has 224 valence electrons. The van der Waals surface area contributed by atoms with Gasteiger partial charge in [-0.3, -0.25) is 9.79 Å². The quantitative estimate of drug-likeness (QED) is 0.140. The summed E-state index contributed by atoms with van der Waals surface area (Å²) in [7, 11) is 1.61. The van der Waals surface area contributed by atoms with Crippen molar-refractivity contribution in [2.24, 2.45) is 4.99 Å². The maximum atomic E-state index is 10.7. The first kappa shape index (κ1) is 40.0. The molecule has 0 radical (unpaired) electrons. The Labute approximate surface area is 296 Å². The van der Waals surface area contributed by atoms with Gasteiger partial charge >= 0.3 is 51.4 Å². The molecule has 0 saturated carbocycles. The Balaban J connectivity index is 0.000000846. The van der Waals surface area contributed by atoms with E-state index in [1.165, 1.54) is 22.6 Å². The maximum Gasteiger partial charge on any atom is 1.00 e. The van der Waals surface area contributed by atoms with E-state index >= 15 is 0 Å². The summed E-state index contributed by atoms with van der Waals surface area (Å²) in [5, 5.41) is 9.94. The van der Waals surface area contributed by atoms with Crippen molar-refractivity contribution < 1.29 is 65.7 Å². The van der Waals surface area contributed by atoms with Gasteiger partial charge in [-0.2, -0.15) is 0 Å². The SMILES string of the molecule is C=C/C(=C\N=C(C)C)C(=O)N[O-].CC.CC.CCc1cc2nc(-c3ccc(OC)nc3)nc(N3CCOCC3)c2s1.[K+]. The van der Waals surface area contributed by atoms with Crippen molar-refractivity contribution in [3.63, 3.8) is 0 Å². The number of carbonyl (C=O) groups excluding carboxylic acids is 1. The van der Waals surface area contributed by atoms with Gasteiger partial charge in [-0.1, -0.05) is 47.3 Å². The molecule has 12 heteroatoms. The second kappa shape index (κ2) is 22.5. The van der Waals surface area contributed by atoms with E-state index < -0.39 is 5.91 Å². The van der Waals surface area contributed by atoms with Crippen LogP contribution in [-0.4, -0.2) is 60.0 Å². The first-order valence-electron chi connectivity index (χ1n) is 13.8. The van der Waals surface area contributed by atoms with Gasteiger partial charge < -0.3 is 25.1 Å². The number of hydroxylamine groups is 1. The summed E-state index contributed by atoms with van der Waals surface area (Å²) in [6, 6.07) is 5.96. The Bertz CT molecular complexity index is 1280. The third kappa shape index (κ3) is 12.3. The number of anilines is 1. The molecule has 1 aliphatic rings. The minimum atomic E-state index is -0.727. The Kier molecular flexibility index (Phi) is 21.4. The Morgan fingerprint density at radius 1 is 1.21 bits per heavy atom. The van der Waals surface area contributed by atoms with Crippen molar-refractivity contribution >= 4 is 39.0 Å². The van der Waals surface area contributed by atoms with Crippen LogP contribution in [0.15, 0.2) is 53.8 Å². The number of nitrogens with one attached hydrogen (secondary N) is 1. The number of morpholine rings is 1. The van der Waals surface area contributed by atoms with E-state index in [1.54, 1.807) is 38.5 Å². The predicted octanol–water partition coefficient (Wildman–Crippen LogP) is 3.37.